The lowest BCUT2D eigenvalue weighted by Crippen LogP contribution is -2.50. The third-order valence-corrected chi connectivity index (χ3v) is 4.91. The zero-order chi connectivity index (χ0) is 20.3. The lowest BCUT2D eigenvalue weighted by atomic mass is 10.0. The fraction of sp³-hybridized carbons (Fsp3) is 0.429. The number of hydrogen-bond acceptors (Lipinski definition) is 5. The maximum Gasteiger partial charge on any atom is 0.321 e. The molecule has 2 amide bonds. The van der Waals surface area contributed by atoms with Crippen molar-refractivity contribution >= 4 is 17.5 Å². The lowest BCUT2D eigenvalue weighted by Gasteiger charge is -2.36. The molecule has 0 atom stereocenters. The SMILES string of the molecule is Cc1nc(C)c(C(C)C)c(N2CCN(C(=O)Nc3cccc(C#N)c3)CC2)n1. The van der Waals surface area contributed by atoms with Crippen molar-refractivity contribution in [3.63, 3.8) is 0 Å². The molecule has 1 aromatic carbocycles. The van der Waals surface area contributed by atoms with E-state index in [1.165, 1.54) is 5.56 Å². The van der Waals surface area contributed by atoms with E-state index in [1.807, 2.05) is 13.8 Å². The van der Waals surface area contributed by atoms with Crippen molar-refractivity contribution in [2.24, 2.45) is 0 Å². The van der Waals surface area contributed by atoms with Gasteiger partial charge in [0.05, 0.1) is 11.6 Å². The van der Waals surface area contributed by atoms with Gasteiger partial charge in [-0.1, -0.05) is 19.9 Å². The van der Waals surface area contributed by atoms with E-state index in [1.54, 1.807) is 29.2 Å². The number of hydrogen-bond donors (Lipinski definition) is 1. The number of aryl methyl sites for hydroxylation is 2. The van der Waals surface area contributed by atoms with Crippen LogP contribution in [0.2, 0.25) is 0 Å². The van der Waals surface area contributed by atoms with Gasteiger partial charge >= 0.3 is 6.03 Å². The van der Waals surface area contributed by atoms with Crippen LogP contribution in [0.3, 0.4) is 0 Å². The highest BCUT2D eigenvalue weighted by Gasteiger charge is 2.25. The fourth-order valence-electron chi connectivity index (χ4n) is 3.61. The summed E-state index contributed by atoms with van der Waals surface area (Å²) in [5, 5.41) is 11.9. The number of nitrogens with one attached hydrogen (secondary N) is 1. The number of nitrogens with zero attached hydrogens (tertiary/aromatic N) is 5. The van der Waals surface area contributed by atoms with Crippen LogP contribution in [-0.4, -0.2) is 47.1 Å². The minimum atomic E-state index is -0.145. The predicted octanol–water partition coefficient (Wildman–Crippen LogP) is 3.44. The molecule has 146 valence electrons. The van der Waals surface area contributed by atoms with Crippen molar-refractivity contribution in [3.8, 4) is 6.07 Å². The van der Waals surface area contributed by atoms with Gasteiger partial charge in [0.25, 0.3) is 0 Å². The largest absolute Gasteiger partial charge is 0.353 e. The number of rotatable bonds is 3. The molecule has 0 saturated carbocycles. The van der Waals surface area contributed by atoms with E-state index in [-0.39, 0.29) is 6.03 Å². The van der Waals surface area contributed by atoms with Gasteiger partial charge in [0.15, 0.2) is 0 Å². The van der Waals surface area contributed by atoms with E-state index in [4.69, 9.17) is 10.2 Å². The second-order valence-electron chi connectivity index (χ2n) is 7.35. The summed E-state index contributed by atoms with van der Waals surface area (Å²) in [6.07, 6.45) is 0. The standard InChI is InChI=1S/C21H26N6O/c1-14(2)19-15(3)23-16(4)24-20(19)26-8-10-27(11-9-26)21(28)25-18-7-5-6-17(12-18)13-22/h5-7,12,14H,8-11H2,1-4H3,(H,25,28). The molecule has 1 aromatic heterocycles. The summed E-state index contributed by atoms with van der Waals surface area (Å²) in [4.78, 5) is 25.8. The number of nitriles is 1. The Labute approximate surface area is 166 Å². The smallest absolute Gasteiger partial charge is 0.321 e. The molecule has 0 spiro atoms. The Morgan fingerprint density at radius 3 is 2.54 bits per heavy atom. The summed E-state index contributed by atoms with van der Waals surface area (Å²) in [5.74, 6) is 2.10. The van der Waals surface area contributed by atoms with Gasteiger partial charge < -0.3 is 15.1 Å². The van der Waals surface area contributed by atoms with Gasteiger partial charge in [0, 0.05) is 43.1 Å². The van der Waals surface area contributed by atoms with Gasteiger partial charge in [-0.2, -0.15) is 5.26 Å². The van der Waals surface area contributed by atoms with Crippen molar-refractivity contribution in [3.05, 3.63) is 46.9 Å². The summed E-state index contributed by atoms with van der Waals surface area (Å²) in [6, 6.07) is 8.88. The molecule has 2 heterocycles. The van der Waals surface area contributed by atoms with E-state index in [0.717, 1.165) is 30.4 Å². The minimum absolute atomic E-state index is 0.145. The number of carbonyl (C=O) groups is 1. The molecule has 7 heteroatoms. The van der Waals surface area contributed by atoms with Crippen LogP contribution in [0.5, 0.6) is 0 Å². The van der Waals surface area contributed by atoms with Crippen LogP contribution in [0.4, 0.5) is 16.3 Å². The monoisotopic (exact) mass is 378 g/mol. The number of carbonyl (C=O) groups excluding carboxylic acids is 1. The van der Waals surface area contributed by atoms with Gasteiger partial charge in [-0.25, -0.2) is 14.8 Å². The number of piperazine rings is 1. The maximum atomic E-state index is 12.6. The summed E-state index contributed by atoms with van der Waals surface area (Å²) >= 11 is 0. The molecule has 0 unspecified atom stereocenters. The van der Waals surface area contributed by atoms with Crippen molar-refractivity contribution < 1.29 is 4.79 Å². The second kappa shape index (κ2) is 8.26. The summed E-state index contributed by atoms with van der Waals surface area (Å²) in [7, 11) is 0. The van der Waals surface area contributed by atoms with Crippen molar-refractivity contribution in [2.75, 3.05) is 36.4 Å². The van der Waals surface area contributed by atoms with E-state index < -0.39 is 0 Å². The van der Waals surface area contributed by atoms with E-state index >= 15 is 0 Å². The molecule has 1 saturated heterocycles. The first-order valence-corrected chi connectivity index (χ1v) is 9.55. The van der Waals surface area contributed by atoms with Crippen LogP contribution in [0.15, 0.2) is 24.3 Å². The van der Waals surface area contributed by atoms with Crippen LogP contribution < -0.4 is 10.2 Å². The molecule has 1 N–H and O–H groups in total. The Bertz CT molecular complexity index is 910. The highest BCUT2D eigenvalue weighted by molar-refractivity contribution is 5.89. The van der Waals surface area contributed by atoms with Crippen LogP contribution in [0, 0.1) is 25.2 Å². The number of aromatic nitrogens is 2. The first-order valence-electron chi connectivity index (χ1n) is 9.55. The van der Waals surface area contributed by atoms with Gasteiger partial charge in [-0.05, 0) is 38.0 Å². The highest BCUT2D eigenvalue weighted by Crippen LogP contribution is 2.29. The highest BCUT2D eigenvalue weighted by atomic mass is 16.2. The first-order chi connectivity index (χ1) is 13.4. The van der Waals surface area contributed by atoms with Crippen molar-refractivity contribution in [1.29, 1.82) is 5.26 Å². The number of amides is 2. The molecule has 1 fully saturated rings. The number of benzene rings is 1. The van der Waals surface area contributed by atoms with Crippen LogP contribution in [0.1, 0.15) is 42.4 Å². The molecular weight excluding hydrogens is 352 g/mol. The molecule has 0 radical (unpaired) electrons. The topological polar surface area (TPSA) is 85.2 Å². The summed E-state index contributed by atoms with van der Waals surface area (Å²) in [5.41, 5.74) is 3.36. The van der Waals surface area contributed by atoms with Crippen LogP contribution in [0.25, 0.3) is 0 Å². The van der Waals surface area contributed by atoms with Gasteiger partial charge in [0.1, 0.15) is 11.6 Å². The van der Waals surface area contributed by atoms with Gasteiger partial charge in [0.2, 0.25) is 0 Å². The molecule has 28 heavy (non-hydrogen) atoms. The molecular formula is C21H26N6O. The molecule has 2 aromatic rings. The Balaban J connectivity index is 1.68. The van der Waals surface area contributed by atoms with Gasteiger partial charge in [-0.15, -0.1) is 0 Å². The Morgan fingerprint density at radius 1 is 1.18 bits per heavy atom. The molecule has 0 bridgehead atoms. The third-order valence-electron chi connectivity index (χ3n) is 4.91. The Hall–Kier alpha value is -3.14. The lowest BCUT2D eigenvalue weighted by molar-refractivity contribution is 0.208. The molecule has 0 aliphatic carbocycles. The average molecular weight is 378 g/mol. The van der Waals surface area contributed by atoms with Gasteiger partial charge in [-0.3, -0.25) is 0 Å². The maximum absolute atomic E-state index is 12.6. The van der Waals surface area contributed by atoms with E-state index in [2.05, 4.69) is 35.1 Å². The molecule has 1 aliphatic rings. The zero-order valence-electron chi connectivity index (χ0n) is 16.9. The van der Waals surface area contributed by atoms with Crippen molar-refractivity contribution in [2.45, 2.75) is 33.6 Å². The second-order valence-corrected chi connectivity index (χ2v) is 7.35. The molecule has 1 aliphatic heterocycles. The first kappa shape index (κ1) is 19.6. The van der Waals surface area contributed by atoms with E-state index in [9.17, 15) is 4.79 Å². The van der Waals surface area contributed by atoms with E-state index in [0.29, 0.717) is 30.3 Å². The Kier molecular flexibility index (Phi) is 5.78. The minimum Gasteiger partial charge on any atom is -0.353 e. The normalized spacial score (nSPS) is 14.1. The fourth-order valence-corrected chi connectivity index (χ4v) is 3.61. The average Bonchev–Trinajstić information content (AvgIpc) is 2.67. The van der Waals surface area contributed by atoms with Crippen LogP contribution >= 0.6 is 0 Å². The molecule has 7 nitrogen and oxygen atoms in total. The predicted molar refractivity (Wildman–Crippen MR) is 110 cm³/mol. The third kappa shape index (κ3) is 4.22. The summed E-state index contributed by atoms with van der Waals surface area (Å²) in [6.45, 7) is 10.9. The Morgan fingerprint density at radius 2 is 1.89 bits per heavy atom. The quantitative estimate of drug-likeness (QED) is 0.884. The number of urea groups is 1. The summed E-state index contributed by atoms with van der Waals surface area (Å²) < 4.78 is 0. The zero-order valence-corrected chi connectivity index (χ0v) is 16.9. The van der Waals surface area contributed by atoms with Crippen LogP contribution in [-0.2, 0) is 0 Å². The van der Waals surface area contributed by atoms with Crippen molar-refractivity contribution in [1.82, 2.24) is 14.9 Å². The molecule has 3 rings (SSSR count). The number of anilines is 2.